The smallest absolute Gasteiger partial charge is 0.410 e. The Labute approximate surface area is 238 Å². The fraction of sp³-hybridized carbons (Fsp3) is 0.300. The van der Waals surface area contributed by atoms with E-state index in [0.29, 0.717) is 47.7 Å². The number of aromatic nitrogens is 2. The molecular weight excluding hydrogens is 525 g/mol. The van der Waals surface area contributed by atoms with Crippen molar-refractivity contribution < 1.29 is 18.7 Å². The zero-order chi connectivity index (χ0) is 29.8. The fourth-order valence-electron chi connectivity index (χ4n) is 3.33. The first-order chi connectivity index (χ1) is 19.5. The number of benzene rings is 2. The molecule has 212 valence electrons. The molecule has 0 radical (unpaired) electrons. The Hall–Kier alpha value is -5.16. The number of nitrogens with one attached hydrogen (secondary N) is 3. The van der Waals surface area contributed by atoms with E-state index >= 15 is 0 Å². The molecule has 0 saturated heterocycles. The highest BCUT2D eigenvalue weighted by Crippen LogP contribution is 2.22. The lowest BCUT2D eigenvalue weighted by Crippen LogP contribution is -2.41. The van der Waals surface area contributed by atoms with Crippen LogP contribution in [0.15, 0.2) is 54.7 Å². The lowest BCUT2D eigenvalue weighted by molar-refractivity contribution is -0.122. The number of likely N-dealkylation sites (N-methyl/N-ethyl adjacent to an activating group) is 1. The van der Waals surface area contributed by atoms with Gasteiger partial charge in [-0.2, -0.15) is 10.2 Å². The Kier molecular flexibility index (Phi) is 10.6. The Bertz CT molecular complexity index is 1470. The molecule has 3 aromatic rings. The highest BCUT2D eigenvalue weighted by atomic mass is 19.1. The quantitative estimate of drug-likeness (QED) is 0.245. The van der Waals surface area contributed by atoms with Crippen molar-refractivity contribution >= 4 is 35.1 Å². The minimum atomic E-state index is -0.638. The van der Waals surface area contributed by atoms with Gasteiger partial charge in [-0.25, -0.2) is 14.2 Å². The van der Waals surface area contributed by atoms with E-state index in [1.807, 2.05) is 0 Å². The van der Waals surface area contributed by atoms with Crippen LogP contribution in [-0.4, -0.2) is 52.6 Å². The molecule has 2 amide bonds. The molecular formula is C30H32FN7O3. The van der Waals surface area contributed by atoms with Crippen molar-refractivity contribution in [2.24, 2.45) is 0 Å². The van der Waals surface area contributed by atoms with Gasteiger partial charge in [0, 0.05) is 31.4 Å². The lowest BCUT2D eigenvalue weighted by Gasteiger charge is -2.24. The van der Waals surface area contributed by atoms with Crippen molar-refractivity contribution in [2.45, 2.75) is 39.2 Å². The van der Waals surface area contributed by atoms with E-state index in [4.69, 9.17) is 10.00 Å². The molecule has 0 bridgehead atoms. The van der Waals surface area contributed by atoms with Crippen LogP contribution in [0.25, 0.3) is 0 Å². The molecule has 0 saturated carbocycles. The Morgan fingerprint density at radius 3 is 2.54 bits per heavy atom. The first-order valence-corrected chi connectivity index (χ1v) is 12.9. The Morgan fingerprint density at radius 1 is 1.10 bits per heavy atom. The third kappa shape index (κ3) is 10.5. The van der Waals surface area contributed by atoms with Gasteiger partial charge in [0.05, 0.1) is 23.4 Å². The molecule has 1 aromatic heterocycles. The number of halogens is 1. The van der Waals surface area contributed by atoms with Crippen LogP contribution < -0.4 is 16.0 Å². The van der Waals surface area contributed by atoms with Crippen molar-refractivity contribution in [3.63, 3.8) is 0 Å². The summed E-state index contributed by atoms with van der Waals surface area (Å²) in [5, 5.41) is 18.0. The van der Waals surface area contributed by atoms with Gasteiger partial charge in [-0.05, 0) is 69.7 Å². The van der Waals surface area contributed by atoms with Crippen molar-refractivity contribution in [3.05, 3.63) is 71.7 Å². The van der Waals surface area contributed by atoms with E-state index in [1.54, 1.807) is 63.4 Å². The Balaban J connectivity index is 1.61. The summed E-state index contributed by atoms with van der Waals surface area (Å²) in [5.41, 5.74) is 1.60. The summed E-state index contributed by atoms with van der Waals surface area (Å²) in [5.74, 6) is 6.10. The number of hydrogen-bond donors (Lipinski definition) is 3. The molecule has 0 aliphatic carbocycles. The zero-order valence-electron chi connectivity index (χ0n) is 23.4. The molecule has 0 unspecified atom stereocenters. The first-order valence-electron chi connectivity index (χ1n) is 12.9. The van der Waals surface area contributed by atoms with Crippen LogP contribution in [-0.2, 0) is 9.53 Å². The highest BCUT2D eigenvalue weighted by molar-refractivity contribution is 5.82. The number of unbranched alkanes of at least 4 members (excludes halogenated alkanes) is 1. The molecule has 0 aliphatic heterocycles. The molecule has 3 N–H and O–H groups in total. The van der Waals surface area contributed by atoms with Gasteiger partial charge in [0.15, 0.2) is 5.82 Å². The summed E-state index contributed by atoms with van der Waals surface area (Å²) in [6.07, 6.45) is 2.07. The van der Waals surface area contributed by atoms with Crippen molar-refractivity contribution in [2.75, 3.05) is 30.8 Å². The summed E-state index contributed by atoms with van der Waals surface area (Å²) in [7, 11) is 1.50. The molecule has 3 rings (SSSR count). The molecule has 0 spiro atoms. The minimum Gasteiger partial charge on any atom is -0.444 e. The van der Waals surface area contributed by atoms with E-state index in [2.05, 4.69) is 43.8 Å². The third-order valence-corrected chi connectivity index (χ3v) is 5.26. The average molecular weight is 558 g/mol. The van der Waals surface area contributed by atoms with E-state index in [1.165, 1.54) is 24.1 Å². The van der Waals surface area contributed by atoms with Gasteiger partial charge < -0.3 is 25.6 Å². The number of anilines is 4. The van der Waals surface area contributed by atoms with E-state index in [0.717, 1.165) is 0 Å². The van der Waals surface area contributed by atoms with Crippen molar-refractivity contribution in [1.82, 2.24) is 20.2 Å². The van der Waals surface area contributed by atoms with Crippen molar-refractivity contribution in [3.8, 4) is 17.9 Å². The fourth-order valence-corrected chi connectivity index (χ4v) is 3.33. The first kappa shape index (κ1) is 30.4. The lowest BCUT2D eigenvalue weighted by atomic mass is 10.2. The minimum absolute atomic E-state index is 0.113. The van der Waals surface area contributed by atoms with E-state index < -0.39 is 11.7 Å². The summed E-state index contributed by atoms with van der Waals surface area (Å²) in [4.78, 5) is 34.2. The second-order valence-electron chi connectivity index (χ2n) is 10.00. The van der Waals surface area contributed by atoms with Gasteiger partial charge in [-0.1, -0.05) is 17.9 Å². The number of nitrogens with zero attached hydrogens (tertiary/aromatic N) is 4. The topological polar surface area (TPSA) is 132 Å². The standard InChI is InChI=1S/C30H32FN7O3/c1-30(2,3)41-29(40)38(4)20-26(39)33-16-7-5-6-9-22-19-34-28(36-25-11-8-10-23(31)17-25)37-27(22)35-24-14-12-21(18-32)13-15-24/h8,10-15,17,19H,5,7,16,20H2,1-4H3,(H,33,39)(H2,34,35,36,37). The largest absolute Gasteiger partial charge is 0.444 e. The molecule has 1 heterocycles. The van der Waals surface area contributed by atoms with Crippen LogP contribution in [0, 0.1) is 29.0 Å². The second-order valence-corrected chi connectivity index (χ2v) is 10.00. The number of rotatable bonds is 9. The van der Waals surface area contributed by atoms with E-state index in [9.17, 15) is 14.0 Å². The highest BCUT2D eigenvalue weighted by Gasteiger charge is 2.20. The molecule has 0 fully saturated rings. The van der Waals surface area contributed by atoms with Crippen LogP contribution >= 0.6 is 0 Å². The van der Waals surface area contributed by atoms with Gasteiger partial charge in [0.2, 0.25) is 11.9 Å². The van der Waals surface area contributed by atoms with E-state index in [-0.39, 0.29) is 24.2 Å². The normalized spacial score (nSPS) is 10.4. The predicted octanol–water partition coefficient (Wildman–Crippen LogP) is 5.09. The Morgan fingerprint density at radius 2 is 1.85 bits per heavy atom. The van der Waals surface area contributed by atoms with Crippen LogP contribution in [0.4, 0.5) is 32.3 Å². The van der Waals surface area contributed by atoms with Crippen molar-refractivity contribution in [1.29, 1.82) is 5.26 Å². The molecule has 0 atom stereocenters. The maximum atomic E-state index is 13.6. The summed E-state index contributed by atoms with van der Waals surface area (Å²) < 4.78 is 18.8. The maximum Gasteiger partial charge on any atom is 0.410 e. The SMILES string of the molecule is CN(CC(=O)NCCCC#Cc1cnc(Nc2cccc(F)c2)nc1Nc1ccc(C#N)cc1)C(=O)OC(C)(C)C. The van der Waals surface area contributed by atoms with Crippen LogP contribution in [0.5, 0.6) is 0 Å². The molecule has 41 heavy (non-hydrogen) atoms. The molecule has 2 aromatic carbocycles. The second kappa shape index (κ2) is 14.3. The number of nitriles is 1. The van der Waals surface area contributed by atoms with Gasteiger partial charge in [0.25, 0.3) is 0 Å². The van der Waals surface area contributed by atoms with Crippen LogP contribution in [0.2, 0.25) is 0 Å². The number of carbonyl (C=O) groups excluding carboxylic acids is 2. The number of hydrogen-bond acceptors (Lipinski definition) is 8. The number of carbonyl (C=O) groups is 2. The molecule has 11 heteroatoms. The summed E-state index contributed by atoms with van der Waals surface area (Å²) in [6, 6.07) is 14.9. The number of amides is 2. The predicted molar refractivity (Wildman–Crippen MR) is 154 cm³/mol. The monoisotopic (exact) mass is 557 g/mol. The summed E-state index contributed by atoms with van der Waals surface area (Å²) >= 11 is 0. The van der Waals surface area contributed by atoms with Crippen LogP contribution in [0.3, 0.4) is 0 Å². The average Bonchev–Trinajstić information content (AvgIpc) is 2.91. The third-order valence-electron chi connectivity index (χ3n) is 5.26. The number of ether oxygens (including phenoxy) is 1. The van der Waals surface area contributed by atoms with Crippen LogP contribution in [0.1, 0.15) is 44.7 Å². The van der Waals surface area contributed by atoms with Gasteiger partial charge in [0.1, 0.15) is 18.0 Å². The maximum absolute atomic E-state index is 13.6. The summed E-state index contributed by atoms with van der Waals surface area (Å²) in [6.45, 7) is 5.56. The molecule has 0 aliphatic rings. The molecule has 10 nitrogen and oxygen atoms in total. The zero-order valence-corrected chi connectivity index (χ0v) is 23.4. The van der Waals surface area contributed by atoms with Gasteiger partial charge >= 0.3 is 6.09 Å². The van der Waals surface area contributed by atoms with Gasteiger partial charge in [-0.15, -0.1) is 0 Å². The van der Waals surface area contributed by atoms with Gasteiger partial charge in [-0.3, -0.25) is 4.79 Å².